The van der Waals surface area contributed by atoms with Gasteiger partial charge in [-0.15, -0.1) is 0 Å². The monoisotopic (exact) mass is 400 g/mol. The van der Waals surface area contributed by atoms with Crippen LogP contribution in [0.5, 0.6) is 5.75 Å². The van der Waals surface area contributed by atoms with E-state index in [2.05, 4.69) is 23.8 Å². The lowest BCUT2D eigenvalue weighted by Crippen LogP contribution is -1.99. The van der Waals surface area contributed by atoms with Gasteiger partial charge in [0.15, 0.2) is 11.6 Å². The number of hydrogen-bond donors (Lipinski definition) is 0. The zero-order valence-electron chi connectivity index (χ0n) is 18.3. The molecule has 0 unspecified atom stereocenters. The highest BCUT2D eigenvalue weighted by molar-refractivity contribution is 5.59. The van der Waals surface area contributed by atoms with E-state index in [-0.39, 0.29) is 5.82 Å². The molecular formula is C25H37FN2O. The Bertz CT molecular complexity index is 688. The first-order valence-electron chi connectivity index (χ1n) is 11.5. The van der Waals surface area contributed by atoms with E-state index < -0.39 is 0 Å². The van der Waals surface area contributed by atoms with Gasteiger partial charge in [-0.1, -0.05) is 71.6 Å². The molecule has 0 spiro atoms. The maximum atomic E-state index is 14.2. The zero-order valence-corrected chi connectivity index (χ0v) is 18.3. The molecule has 0 aliphatic rings. The largest absolute Gasteiger partial charge is 0.491 e. The van der Waals surface area contributed by atoms with Crippen LogP contribution >= 0.6 is 0 Å². The molecular weight excluding hydrogens is 363 g/mol. The summed E-state index contributed by atoms with van der Waals surface area (Å²) >= 11 is 0. The zero-order chi connectivity index (χ0) is 20.7. The highest BCUT2D eigenvalue weighted by atomic mass is 19.1. The van der Waals surface area contributed by atoms with Crippen molar-refractivity contribution in [1.82, 2.24) is 9.97 Å². The van der Waals surface area contributed by atoms with Gasteiger partial charge >= 0.3 is 0 Å². The average molecular weight is 401 g/mol. The molecule has 1 aromatic carbocycles. The Morgan fingerprint density at radius 3 is 2.10 bits per heavy atom. The molecule has 0 saturated carbocycles. The van der Waals surface area contributed by atoms with E-state index in [1.165, 1.54) is 57.4 Å². The minimum absolute atomic E-state index is 0.303. The lowest BCUT2D eigenvalue weighted by atomic mass is 10.1. The molecule has 4 heteroatoms. The molecule has 2 rings (SSSR count). The third-order valence-electron chi connectivity index (χ3n) is 5.22. The standard InChI is InChI=1S/C25H37FN2O/c1-3-5-7-8-9-10-11-12-13-14-22-19-28-24(20-27-22)21-15-16-25(23(26)18-21)29-17-6-4-2/h15-16,18-20H,3-14,17H2,1-2H3. The van der Waals surface area contributed by atoms with Gasteiger partial charge < -0.3 is 4.74 Å². The van der Waals surface area contributed by atoms with Gasteiger partial charge in [-0.2, -0.15) is 0 Å². The van der Waals surface area contributed by atoms with E-state index >= 15 is 0 Å². The van der Waals surface area contributed by atoms with Crippen molar-refractivity contribution in [2.24, 2.45) is 0 Å². The molecule has 0 aliphatic heterocycles. The van der Waals surface area contributed by atoms with Crippen molar-refractivity contribution in [3.8, 4) is 17.0 Å². The fourth-order valence-corrected chi connectivity index (χ4v) is 3.35. The molecule has 0 saturated heterocycles. The van der Waals surface area contributed by atoms with Gasteiger partial charge in [0.1, 0.15) is 0 Å². The predicted octanol–water partition coefficient (Wildman–Crippen LogP) is 7.53. The maximum absolute atomic E-state index is 14.2. The van der Waals surface area contributed by atoms with Crippen LogP contribution in [-0.2, 0) is 6.42 Å². The number of unbranched alkanes of at least 4 members (excludes halogenated alkanes) is 9. The number of halogens is 1. The van der Waals surface area contributed by atoms with Crippen molar-refractivity contribution in [1.29, 1.82) is 0 Å². The number of rotatable bonds is 15. The number of ether oxygens (including phenoxy) is 1. The van der Waals surface area contributed by atoms with Crippen LogP contribution in [0.3, 0.4) is 0 Å². The minimum Gasteiger partial charge on any atom is -0.491 e. The second kappa shape index (κ2) is 14.1. The highest BCUT2D eigenvalue weighted by Crippen LogP contribution is 2.24. The van der Waals surface area contributed by atoms with Crippen LogP contribution in [-0.4, -0.2) is 16.6 Å². The lowest BCUT2D eigenvalue weighted by molar-refractivity contribution is 0.294. The van der Waals surface area contributed by atoms with Crippen LogP contribution in [0.2, 0.25) is 0 Å². The molecule has 29 heavy (non-hydrogen) atoms. The summed E-state index contributed by atoms with van der Waals surface area (Å²) in [4.78, 5) is 9.00. The van der Waals surface area contributed by atoms with Crippen LogP contribution in [0.15, 0.2) is 30.6 Å². The fourth-order valence-electron chi connectivity index (χ4n) is 3.35. The molecule has 1 heterocycles. The third kappa shape index (κ3) is 8.93. The molecule has 0 N–H and O–H groups in total. The van der Waals surface area contributed by atoms with Gasteiger partial charge in [-0.05, 0) is 37.5 Å². The molecule has 0 amide bonds. The molecule has 1 aromatic heterocycles. The summed E-state index contributed by atoms with van der Waals surface area (Å²) in [7, 11) is 0. The van der Waals surface area contributed by atoms with Crippen LogP contribution < -0.4 is 4.74 Å². The summed E-state index contributed by atoms with van der Waals surface area (Å²) < 4.78 is 19.7. The van der Waals surface area contributed by atoms with E-state index in [9.17, 15) is 4.39 Å². The average Bonchev–Trinajstić information content (AvgIpc) is 2.74. The predicted molar refractivity (Wildman–Crippen MR) is 119 cm³/mol. The summed E-state index contributed by atoms with van der Waals surface area (Å²) in [5, 5.41) is 0. The summed E-state index contributed by atoms with van der Waals surface area (Å²) in [6.07, 6.45) is 18.4. The Morgan fingerprint density at radius 2 is 1.48 bits per heavy atom. The Balaban J connectivity index is 1.72. The number of aryl methyl sites for hydroxylation is 1. The molecule has 160 valence electrons. The Morgan fingerprint density at radius 1 is 0.793 bits per heavy atom. The number of nitrogens with zero attached hydrogens (tertiary/aromatic N) is 2. The van der Waals surface area contributed by atoms with Crippen molar-refractivity contribution >= 4 is 0 Å². The highest BCUT2D eigenvalue weighted by Gasteiger charge is 2.08. The topological polar surface area (TPSA) is 35.0 Å². The van der Waals surface area contributed by atoms with Gasteiger partial charge in [0.05, 0.1) is 24.2 Å². The van der Waals surface area contributed by atoms with Gasteiger partial charge in [-0.3, -0.25) is 9.97 Å². The van der Waals surface area contributed by atoms with Gasteiger partial charge in [-0.25, -0.2) is 4.39 Å². The molecule has 3 nitrogen and oxygen atoms in total. The van der Waals surface area contributed by atoms with Crippen molar-refractivity contribution in [2.45, 2.75) is 90.9 Å². The van der Waals surface area contributed by atoms with Crippen LogP contribution in [0.25, 0.3) is 11.3 Å². The first-order chi connectivity index (χ1) is 14.2. The van der Waals surface area contributed by atoms with Crippen LogP contribution in [0.1, 0.15) is 90.2 Å². The molecule has 0 radical (unpaired) electrons. The van der Waals surface area contributed by atoms with Crippen molar-refractivity contribution < 1.29 is 9.13 Å². The van der Waals surface area contributed by atoms with E-state index in [0.717, 1.165) is 36.9 Å². The smallest absolute Gasteiger partial charge is 0.165 e. The molecule has 0 fully saturated rings. The second-order valence-electron chi connectivity index (χ2n) is 7.82. The molecule has 2 aromatic rings. The van der Waals surface area contributed by atoms with Crippen molar-refractivity contribution in [2.75, 3.05) is 6.61 Å². The van der Waals surface area contributed by atoms with Crippen LogP contribution in [0.4, 0.5) is 4.39 Å². The van der Waals surface area contributed by atoms with Gasteiger partial charge in [0.25, 0.3) is 0 Å². The SMILES string of the molecule is CCCCCCCCCCCc1cnc(-c2ccc(OCCCC)c(F)c2)cn1. The maximum Gasteiger partial charge on any atom is 0.165 e. The van der Waals surface area contributed by atoms with Crippen LogP contribution in [0, 0.1) is 5.82 Å². The molecule has 0 bridgehead atoms. The number of benzene rings is 1. The lowest BCUT2D eigenvalue weighted by Gasteiger charge is -2.08. The Hall–Kier alpha value is -1.97. The quantitative estimate of drug-likeness (QED) is 0.290. The van der Waals surface area contributed by atoms with E-state index in [0.29, 0.717) is 18.1 Å². The Kier molecular flexibility index (Phi) is 11.3. The summed E-state index contributed by atoms with van der Waals surface area (Å²) in [5.74, 6) is -0.0451. The summed E-state index contributed by atoms with van der Waals surface area (Å²) in [5.41, 5.74) is 2.43. The normalized spacial score (nSPS) is 11.0. The van der Waals surface area contributed by atoms with Crippen molar-refractivity contribution in [3.05, 3.63) is 42.1 Å². The second-order valence-corrected chi connectivity index (χ2v) is 7.82. The molecule has 0 atom stereocenters. The van der Waals surface area contributed by atoms with Crippen molar-refractivity contribution in [3.63, 3.8) is 0 Å². The summed E-state index contributed by atoms with van der Waals surface area (Å²) in [6.45, 7) is 4.88. The van der Waals surface area contributed by atoms with Gasteiger partial charge in [0.2, 0.25) is 0 Å². The number of hydrogen-bond acceptors (Lipinski definition) is 3. The third-order valence-corrected chi connectivity index (χ3v) is 5.22. The van der Waals surface area contributed by atoms with Gasteiger partial charge in [0, 0.05) is 11.8 Å². The number of aromatic nitrogens is 2. The first-order valence-corrected chi connectivity index (χ1v) is 11.5. The fraction of sp³-hybridized carbons (Fsp3) is 0.600. The first kappa shape index (κ1) is 23.3. The molecule has 0 aliphatic carbocycles. The van der Waals surface area contributed by atoms with E-state index in [4.69, 9.17) is 4.74 Å². The minimum atomic E-state index is -0.348. The Labute approximate surface area is 176 Å². The van der Waals surface area contributed by atoms with E-state index in [1.54, 1.807) is 12.3 Å². The summed E-state index contributed by atoms with van der Waals surface area (Å²) in [6, 6.07) is 5.00. The van der Waals surface area contributed by atoms with E-state index in [1.807, 2.05) is 12.3 Å².